The molecule has 0 saturated carbocycles. The van der Waals surface area contributed by atoms with Crippen LogP contribution < -0.4 is 0 Å². The Morgan fingerprint density at radius 2 is 1.68 bits per heavy atom. The molecular weight excluding hydrogens is 234 g/mol. The fraction of sp³-hybridized carbons (Fsp3) is 0. The molecule has 0 fully saturated rings. The van der Waals surface area contributed by atoms with Crippen LogP contribution in [0.4, 0.5) is 0 Å². The molecule has 0 bridgehead atoms. The van der Waals surface area contributed by atoms with Crippen molar-refractivity contribution < 1.29 is 4.42 Å². The zero-order valence-corrected chi connectivity index (χ0v) is 10.4. The van der Waals surface area contributed by atoms with E-state index in [-0.39, 0.29) is 0 Å². The average molecular weight is 247 g/mol. The van der Waals surface area contributed by atoms with Crippen LogP contribution in [0.3, 0.4) is 0 Å². The van der Waals surface area contributed by atoms with Gasteiger partial charge < -0.3 is 4.42 Å². The molecule has 0 saturated heterocycles. The molecule has 0 atom stereocenters. The van der Waals surface area contributed by atoms with Gasteiger partial charge in [-0.05, 0) is 16.7 Å². The maximum atomic E-state index is 5.07. The van der Waals surface area contributed by atoms with Crippen LogP contribution in [-0.2, 0) is 0 Å². The van der Waals surface area contributed by atoms with E-state index in [1.807, 2.05) is 18.2 Å². The van der Waals surface area contributed by atoms with E-state index in [9.17, 15) is 0 Å². The first-order valence-corrected chi connectivity index (χ1v) is 6.09. The van der Waals surface area contributed by atoms with E-state index in [0.717, 1.165) is 27.9 Å². The average Bonchev–Trinajstić information content (AvgIpc) is 3.01. The Morgan fingerprint density at radius 1 is 0.947 bits per heavy atom. The van der Waals surface area contributed by atoms with Gasteiger partial charge in [-0.3, -0.25) is 0 Å². The zero-order chi connectivity index (χ0) is 13.1. The molecule has 0 radical (unpaired) electrons. The molecule has 0 aliphatic heterocycles. The van der Waals surface area contributed by atoms with Crippen LogP contribution in [-0.4, -0.2) is 4.98 Å². The maximum absolute atomic E-state index is 5.07. The van der Waals surface area contributed by atoms with Gasteiger partial charge in [0.15, 0.2) is 6.39 Å². The third kappa shape index (κ3) is 2.20. The summed E-state index contributed by atoms with van der Waals surface area (Å²) in [5, 5.41) is 0. The highest BCUT2D eigenvalue weighted by Crippen LogP contribution is 2.31. The van der Waals surface area contributed by atoms with Crippen molar-refractivity contribution in [3.8, 4) is 22.4 Å². The highest BCUT2D eigenvalue weighted by Gasteiger charge is 2.08. The molecule has 0 aliphatic carbocycles. The van der Waals surface area contributed by atoms with Crippen molar-refractivity contribution in [2.75, 3.05) is 0 Å². The fourth-order valence-electron chi connectivity index (χ4n) is 2.10. The Morgan fingerprint density at radius 3 is 2.32 bits per heavy atom. The van der Waals surface area contributed by atoms with Gasteiger partial charge in [0.05, 0.1) is 0 Å². The number of oxazole rings is 1. The molecule has 0 spiro atoms. The molecule has 3 aromatic rings. The Bertz CT molecular complexity index is 682. The Hall–Kier alpha value is -2.61. The summed E-state index contributed by atoms with van der Waals surface area (Å²) in [4.78, 5) is 4.22. The van der Waals surface area contributed by atoms with E-state index in [1.165, 1.54) is 6.39 Å². The van der Waals surface area contributed by atoms with E-state index < -0.39 is 0 Å². The van der Waals surface area contributed by atoms with Crippen LogP contribution in [0.2, 0.25) is 0 Å². The van der Waals surface area contributed by atoms with Gasteiger partial charge in [-0.15, -0.1) is 0 Å². The van der Waals surface area contributed by atoms with Gasteiger partial charge in [-0.2, -0.15) is 0 Å². The van der Waals surface area contributed by atoms with Crippen molar-refractivity contribution in [2.24, 2.45) is 0 Å². The predicted molar refractivity (Wildman–Crippen MR) is 77.5 cm³/mol. The summed E-state index contributed by atoms with van der Waals surface area (Å²) in [5.74, 6) is 0. The lowest BCUT2D eigenvalue weighted by Gasteiger charge is -2.07. The van der Waals surface area contributed by atoms with Gasteiger partial charge in [-0.25, -0.2) is 4.98 Å². The first-order valence-electron chi connectivity index (χ1n) is 6.09. The van der Waals surface area contributed by atoms with Crippen molar-refractivity contribution in [2.45, 2.75) is 0 Å². The van der Waals surface area contributed by atoms with Crippen LogP contribution in [0.5, 0.6) is 0 Å². The van der Waals surface area contributed by atoms with E-state index in [0.29, 0.717) is 0 Å². The van der Waals surface area contributed by atoms with Gasteiger partial charge in [0.25, 0.3) is 0 Å². The third-order valence-electron chi connectivity index (χ3n) is 3.09. The van der Waals surface area contributed by atoms with Crippen molar-refractivity contribution in [3.05, 3.63) is 73.3 Å². The molecule has 1 aromatic heterocycles. The summed E-state index contributed by atoms with van der Waals surface area (Å²) in [6.45, 7) is 3.77. The second kappa shape index (κ2) is 4.94. The minimum atomic E-state index is 0.850. The molecule has 19 heavy (non-hydrogen) atoms. The molecule has 1 heterocycles. The maximum Gasteiger partial charge on any atom is 0.181 e. The van der Waals surface area contributed by atoms with Gasteiger partial charge in [0, 0.05) is 5.56 Å². The van der Waals surface area contributed by atoms with Gasteiger partial charge in [-0.1, -0.05) is 61.2 Å². The lowest BCUT2D eigenvalue weighted by molar-refractivity contribution is 0.558. The van der Waals surface area contributed by atoms with Crippen LogP contribution in [0.25, 0.3) is 28.5 Å². The predicted octanol–water partition coefficient (Wildman–Crippen LogP) is 4.65. The van der Waals surface area contributed by atoms with Gasteiger partial charge in [0.1, 0.15) is 12.0 Å². The van der Waals surface area contributed by atoms with E-state index in [4.69, 9.17) is 4.42 Å². The minimum absolute atomic E-state index is 0.850. The summed E-state index contributed by atoms with van der Waals surface area (Å²) in [7, 11) is 0. The molecule has 2 aromatic carbocycles. The monoisotopic (exact) mass is 247 g/mol. The summed E-state index contributed by atoms with van der Waals surface area (Å²) in [6, 6.07) is 16.5. The Labute approximate surface area is 112 Å². The lowest BCUT2D eigenvalue weighted by Crippen LogP contribution is -1.85. The minimum Gasteiger partial charge on any atom is -0.451 e. The van der Waals surface area contributed by atoms with E-state index >= 15 is 0 Å². The van der Waals surface area contributed by atoms with Crippen LogP contribution >= 0.6 is 0 Å². The number of hydrogen-bond donors (Lipinski definition) is 0. The zero-order valence-electron chi connectivity index (χ0n) is 10.4. The van der Waals surface area contributed by atoms with Gasteiger partial charge >= 0.3 is 0 Å². The number of nitrogens with zero attached hydrogens (tertiary/aromatic N) is 1. The van der Waals surface area contributed by atoms with Crippen molar-refractivity contribution in [1.82, 2.24) is 4.98 Å². The third-order valence-corrected chi connectivity index (χ3v) is 3.09. The SMILES string of the molecule is C=Cc1ccc(-c2ccccc2-c2cocn2)cc1. The topological polar surface area (TPSA) is 26.0 Å². The molecule has 3 rings (SSSR count). The molecule has 0 amide bonds. The fourth-order valence-corrected chi connectivity index (χ4v) is 2.10. The number of rotatable bonds is 3. The molecular formula is C17H13NO. The summed E-state index contributed by atoms with van der Waals surface area (Å²) < 4.78 is 5.07. The number of benzene rings is 2. The number of hydrogen-bond acceptors (Lipinski definition) is 2. The highest BCUT2D eigenvalue weighted by molar-refractivity contribution is 5.81. The Kier molecular flexibility index (Phi) is 2.99. The normalized spacial score (nSPS) is 10.3. The standard InChI is InChI=1S/C17H13NO/c1-2-13-7-9-14(10-8-13)15-5-3-4-6-16(15)17-11-19-12-18-17/h2-12H,1H2. The first kappa shape index (κ1) is 11.5. The lowest BCUT2D eigenvalue weighted by atomic mass is 9.97. The van der Waals surface area contributed by atoms with Crippen molar-refractivity contribution in [1.29, 1.82) is 0 Å². The summed E-state index contributed by atoms with van der Waals surface area (Å²) >= 11 is 0. The molecule has 0 aliphatic rings. The summed E-state index contributed by atoms with van der Waals surface area (Å²) in [6.07, 6.45) is 4.96. The highest BCUT2D eigenvalue weighted by atomic mass is 16.3. The second-order valence-corrected chi connectivity index (χ2v) is 4.25. The summed E-state index contributed by atoms with van der Waals surface area (Å²) in [5.41, 5.74) is 5.34. The molecule has 2 nitrogen and oxygen atoms in total. The largest absolute Gasteiger partial charge is 0.451 e. The van der Waals surface area contributed by atoms with Crippen LogP contribution in [0.1, 0.15) is 5.56 Å². The van der Waals surface area contributed by atoms with Crippen LogP contribution in [0.15, 0.2) is 72.2 Å². The number of aromatic nitrogens is 1. The van der Waals surface area contributed by atoms with Crippen molar-refractivity contribution >= 4 is 6.08 Å². The second-order valence-electron chi connectivity index (χ2n) is 4.25. The van der Waals surface area contributed by atoms with E-state index in [1.54, 1.807) is 6.26 Å². The van der Waals surface area contributed by atoms with Crippen LogP contribution in [0, 0.1) is 0 Å². The molecule has 2 heteroatoms. The quantitative estimate of drug-likeness (QED) is 0.673. The molecule has 92 valence electrons. The smallest absolute Gasteiger partial charge is 0.181 e. The first-order chi connectivity index (χ1) is 9.38. The molecule has 0 unspecified atom stereocenters. The van der Waals surface area contributed by atoms with E-state index in [2.05, 4.69) is 48.0 Å². The Balaban J connectivity index is 2.12. The van der Waals surface area contributed by atoms with Gasteiger partial charge in [0.2, 0.25) is 0 Å². The molecule has 0 N–H and O–H groups in total. The van der Waals surface area contributed by atoms with Crippen molar-refractivity contribution in [3.63, 3.8) is 0 Å².